The second-order valence-corrected chi connectivity index (χ2v) is 6.24. The summed E-state index contributed by atoms with van der Waals surface area (Å²) >= 11 is 0. The van der Waals surface area contributed by atoms with E-state index in [1.807, 2.05) is 19.3 Å². The standard InChI is InChI=1S/C18H32N2O2.HI/c1-3-4-5-6-7-8-9-10-11-12-13-19-14-15-20(17(19)2)16-18(21)22;/h14-15H,3-13,16H2,1-2H3;1H. The molecule has 0 aromatic carbocycles. The Morgan fingerprint density at radius 3 is 2.09 bits per heavy atom. The number of aliphatic carboxylic acids is 1. The van der Waals surface area contributed by atoms with Gasteiger partial charge in [0.15, 0.2) is 6.54 Å². The highest BCUT2D eigenvalue weighted by molar-refractivity contribution is 5.64. The van der Waals surface area contributed by atoms with Crippen LogP contribution in [0.4, 0.5) is 0 Å². The van der Waals surface area contributed by atoms with E-state index in [1.165, 1.54) is 64.2 Å². The lowest BCUT2D eigenvalue weighted by atomic mass is 10.1. The van der Waals surface area contributed by atoms with Gasteiger partial charge in [-0.05, 0) is 12.8 Å². The average Bonchev–Trinajstić information content (AvgIpc) is 2.81. The Morgan fingerprint density at radius 2 is 1.57 bits per heavy atom. The van der Waals surface area contributed by atoms with E-state index in [4.69, 9.17) is 5.11 Å². The summed E-state index contributed by atoms with van der Waals surface area (Å²) in [5.74, 6) is 0.239. The molecular formula is C18H33IN2O2. The fourth-order valence-corrected chi connectivity index (χ4v) is 2.86. The van der Waals surface area contributed by atoms with Gasteiger partial charge < -0.3 is 29.1 Å². The lowest BCUT2D eigenvalue weighted by Gasteiger charge is -2.02. The average molecular weight is 436 g/mol. The van der Waals surface area contributed by atoms with Crippen LogP contribution < -0.4 is 28.5 Å². The van der Waals surface area contributed by atoms with Crippen molar-refractivity contribution in [3.05, 3.63) is 18.2 Å². The Morgan fingerprint density at radius 1 is 1.04 bits per heavy atom. The summed E-state index contributed by atoms with van der Waals surface area (Å²) in [5, 5.41) is 8.84. The van der Waals surface area contributed by atoms with E-state index in [0.29, 0.717) is 0 Å². The number of rotatable bonds is 13. The fraction of sp³-hybridized carbons (Fsp3) is 0.778. The second kappa shape index (κ2) is 13.8. The van der Waals surface area contributed by atoms with Crippen molar-refractivity contribution in [1.29, 1.82) is 0 Å². The number of unbranched alkanes of at least 4 members (excludes halogenated alkanes) is 9. The Bertz CT molecular complexity index is 433. The minimum atomic E-state index is -0.787. The summed E-state index contributed by atoms with van der Waals surface area (Å²) in [4.78, 5) is 10.7. The molecule has 1 aromatic heterocycles. The van der Waals surface area contributed by atoms with Crippen molar-refractivity contribution in [1.82, 2.24) is 4.57 Å². The highest BCUT2D eigenvalue weighted by atomic mass is 127. The third kappa shape index (κ3) is 9.99. The Balaban J connectivity index is 0.00000484. The van der Waals surface area contributed by atoms with E-state index >= 15 is 0 Å². The lowest BCUT2D eigenvalue weighted by molar-refractivity contribution is -0.691. The molecule has 0 unspecified atom stereocenters. The van der Waals surface area contributed by atoms with Gasteiger partial charge >= 0.3 is 5.97 Å². The number of imidazole rings is 1. The zero-order valence-electron chi connectivity index (χ0n) is 14.8. The van der Waals surface area contributed by atoms with Gasteiger partial charge in [-0.1, -0.05) is 58.3 Å². The molecule has 0 amide bonds. The molecular weight excluding hydrogens is 403 g/mol. The third-order valence-corrected chi connectivity index (χ3v) is 4.32. The number of nitrogens with zero attached hydrogens (tertiary/aromatic N) is 2. The van der Waals surface area contributed by atoms with Gasteiger partial charge in [-0.3, -0.25) is 0 Å². The minimum Gasteiger partial charge on any atom is -1.00 e. The van der Waals surface area contributed by atoms with Crippen molar-refractivity contribution in [2.75, 3.05) is 0 Å². The maximum Gasteiger partial charge on any atom is 0.346 e. The van der Waals surface area contributed by atoms with Gasteiger partial charge in [0, 0.05) is 6.92 Å². The van der Waals surface area contributed by atoms with Gasteiger partial charge in [0.2, 0.25) is 0 Å². The maximum atomic E-state index is 10.7. The van der Waals surface area contributed by atoms with Crippen molar-refractivity contribution in [3.63, 3.8) is 0 Å². The molecule has 0 saturated heterocycles. The van der Waals surface area contributed by atoms with E-state index in [2.05, 4.69) is 11.5 Å². The van der Waals surface area contributed by atoms with Crippen LogP contribution in [-0.4, -0.2) is 15.6 Å². The molecule has 0 fully saturated rings. The first kappa shape index (κ1) is 22.4. The zero-order chi connectivity index (χ0) is 16.2. The van der Waals surface area contributed by atoms with Crippen LogP contribution in [0.5, 0.6) is 0 Å². The number of carboxylic acid groups (broad SMARTS) is 1. The van der Waals surface area contributed by atoms with Crippen LogP contribution in [0, 0.1) is 6.92 Å². The Kier molecular flexibility index (Phi) is 13.5. The number of hydrogen-bond acceptors (Lipinski definition) is 1. The van der Waals surface area contributed by atoms with Gasteiger partial charge in [0.1, 0.15) is 12.4 Å². The van der Waals surface area contributed by atoms with Gasteiger partial charge in [-0.15, -0.1) is 0 Å². The molecule has 4 nitrogen and oxygen atoms in total. The number of aryl methyl sites for hydroxylation is 1. The minimum absolute atomic E-state index is 0. The summed E-state index contributed by atoms with van der Waals surface area (Å²) in [6.07, 6.45) is 17.3. The summed E-state index contributed by atoms with van der Waals surface area (Å²) in [6, 6.07) is 0. The molecule has 1 N–H and O–H groups in total. The first-order valence-electron chi connectivity index (χ1n) is 8.92. The van der Waals surface area contributed by atoms with Crippen LogP contribution in [0.25, 0.3) is 0 Å². The molecule has 0 atom stereocenters. The van der Waals surface area contributed by atoms with Gasteiger partial charge in [0.25, 0.3) is 5.82 Å². The molecule has 0 saturated carbocycles. The molecule has 0 spiro atoms. The summed E-state index contributed by atoms with van der Waals surface area (Å²) in [7, 11) is 0. The van der Waals surface area contributed by atoms with Crippen molar-refractivity contribution in [2.45, 2.75) is 91.1 Å². The van der Waals surface area contributed by atoms with Crippen molar-refractivity contribution in [3.8, 4) is 0 Å². The number of halogens is 1. The molecule has 5 heteroatoms. The topological polar surface area (TPSA) is 46.1 Å². The molecule has 0 aliphatic heterocycles. The highest BCUT2D eigenvalue weighted by Gasteiger charge is 2.13. The molecule has 0 aliphatic carbocycles. The second-order valence-electron chi connectivity index (χ2n) is 6.24. The summed E-state index contributed by atoms with van der Waals surface area (Å²) < 4.78 is 3.95. The van der Waals surface area contributed by atoms with Gasteiger partial charge in [0.05, 0.1) is 6.54 Å². The van der Waals surface area contributed by atoms with Crippen molar-refractivity contribution < 1.29 is 38.4 Å². The number of carbonyl (C=O) groups is 1. The van der Waals surface area contributed by atoms with E-state index in [0.717, 1.165) is 12.4 Å². The van der Waals surface area contributed by atoms with Crippen LogP contribution in [0.3, 0.4) is 0 Å². The van der Waals surface area contributed by atoms with E-state index < -0.39 is 5.97 Å². The zero-order valence-corrected chi connectivity index (χ0v) is 16.9. The molecule has 1 rings (SSSR count). The maximum absolute atomic E-state index is 10.7. The highest BCUT2D eigenvalue weighted by Crippen LogP contribution is 2.11. The fourth-order valence-electron chi connectivity index (χ4n) is 2.86. The van der Waals surface area contributed by atoms with Crippen LogP contribution in [0.1, 0.15) is 77.0 Å². The first-order valence-corrected chi connectivity index (χ1v) is 8.92. The Hall–Kier alpha value is -0.590. The molecule has 23 heavy (non-hydrogen) atoms. The monoisotopic (exact) mass is 436 g/mol. The van der Waals surface area contributed by atoms with E-state index in [-0.39, 0.29) is 30.5 Å². The molecule has 1 heterocycles. The number of aromatic nitrogens is 2. The predicted molar refractivity (Wildman–Crippen MR) is 88.8 cm³/mol. The normalized spacial score (nSPS) is 10.5. The number of carboxylic acids is 1. The van der Waals surface area contributed by atoms with Crippen LogP contribution in [0.15, 0.2) is 12.4 Å². The van der Waals surface area contributed by atoms with Crippen LogP contribution in [0.2, 0.25) is 0 Å². The molecule has 0 radical (unpaired) electrons. The largest absolute Gasteiger partial charge is 1.00 e. The molecule has 1 aromatic rings. The summed E-state index contributed by atoms with van der Waals surface area (Å²) in [5.41, 5.74) is 0. The molecule has 0 aliphatic rings. The first-order chi connectivity index (χ1) is 10.6. The van der Waals surface area contributed by atoms with Crippen LogP contribution in [-0.2, 0) is 17.9 Å². The molecule has 0 bridgehead atoms. The van der Waals surface area contributed by atoms with Crippen LogP contribution >= 0.6 is 0 Å². The molecule has 134 valence electrons. The van der Waals surface area contributed by atoms with E-state index in [1.54, 1.807) is 4.57 Å². The van der Waals surface area contributed by atoms with Crippen molar-refractivity contribution in [2.24, 2.45) is 0 Å². The van der Waals surface area contributed by atoms with Crippen molar-refractivity contribution >= 4 is 5.97 Å². The Labute approximate surface area is 158 Å². The van der Waals surface area contributed by atoms with Gasteiger partial charge in [-0.2, -0.15) is 0 Å². The number of hydrogen-bond donors (Lipinski definition) is 1. The quantitative estimate of drug-likeness (QED) is 0.286. The smallest absolute Gasteiger partial charge is 0.346 e. The summed E-state index contributed by atoms with van der Waals surface area (Å²) in [6.45, 7) is 5.29. The third-order valence-electron chi connectivity index (χ3n) is 4.32. The SMILES string of the molecule is CCCCCCCCCCCCn1cc[n+](CC(=O)O)c1C.[I-]. The van der Waals surface area contributed by atoms with Gasteiger partial charge in [-0.25, -0.2) is 13.9 Å². The van der Waals surface area contributed by atoms with E-state index in [9.17, 15) is 4.79 Å². The lowest BCUT2D eigenvalue weighted by Crippen LogP contribution is -3.00. The predicted octanol–water partition coefficient (Wildman–Crippen LogP) is 1.09.